The number of halogens is 2. The SMILES string of the molecule is CCc1cccc(C)c1-c1cc(C)c(F)c([C@@H](N)CC(=O)O)c1.Cl. The van der Waals surface area contributed by atoms with Crippen molar-refractivity contribution in [3.8, 4) is 11.1 Å². The summed E-state index contributed by atoms with van der Waals surface area (Å²) < 4.78 is 14.4. The van der Waals surface area contributed by atoms with Gasteiger partial charge in [-0.15, -0.1) is 12.4 Å². The highest BCUT2D eigenvalue weighted by atomic mass is 35.5. The molecule has 0 radical (unpaired) electrons. The van der Waals surface area contributed by atoms with Gasteiger partial charge >= 0.3 is 5.97 Å². The molecule has 0 fully saturated rings. The van der Waals surface area contributed by atoms with Crippen molar-refractivity contribution in [3.05, 3.63) is 58.4 Å². The van der Waals surface area contributed by atoms with Gasteiger partial charge in [0.15, 0.2) is 0 Å². The Morgan fingerprint density at radius 1 is 1.25 bits per heavy atom. The van der Waals surface area contributed by atoms with Gasteiger partial charge in [-0.1, -0.05) is 25.1 Å². The van der Waals surface area contributed by atoms with Crippen LogP contribution < -0.4 is 5.73 Å². The fourth-order valence-electron chi connectivity index (χ4n) is 2.95. The van der Waals surface area contributed by atoms with Gasteiger partial charge in [0.05, 0.1) is 6.42 Å². The van der Waals surface area contributed by atoms with Crippen molar-refractivity contribution in [1.82, 2.24) is 0 Å². The minimum absolute atomic E-state index is 0. The number of hydrogen-bond acceptors (Lipinski definition) is 2. The summed E-state index contributed by atoms with van der Waals surface area (Å²) in [5.41, 5.74) is 10.9. The van der Waals surface area contributed by atoms with E-state index in [-0.39, 0.29) is 24.4 Å². The van der Waals surface area contributed by atoms with Crippen LogP contribution in [0.1, 0.15) is 41.6 Å². The van der Waals surface area contributed by atoms with Crippen LogP contribution in [-0.4, -0.2) is 11.1 Å². The first-order chi connectivity index (χ1) is 10.8. The molecule has 0 amide bonds. The van der Waals surface area contributed by atoms with Gasteiger partial charge in [-0.25, -0.2) is 4.39 Å². The standard InChI is InChI=1S/C19H22FNO2.ClH/c1-4-13-7-5-6-11(2)18(13)14-8-12(3)19(20)15(9-14)16(21)10-17(22)23;/h5-9,16H,4,10,21H2,1-3H3,(H,22,23);1H/t16-;/m0./s1. The molecule has 0 saturated heterocycles. The van der Waals surface area contributed by atoms with E-state index in [1.165, 1.54) is 5.56 Å². The number of aliphatic carboxylic acids is 1. The molecule has 0 spiro atoms. The first-order valence-electron chi connectivity index (χ1n) is 7.71. The number of carbonyl (C=O) groups is 1. The van der Waals surface area contributed by atoms with Gasteiger partial charge in [-0.3, -0.25) is 4.79 Å². The van der Waals surface area contributed by atoms with E-state index in [4.69, 9.17) is 10.8 Å². The van der Waals surface area contributed by atoms with Gasteiger partial charge in [0, 0.05) is 11.6 Å². The van der Waals surface area contributed by atoms with Gasteiger partial charge in [-0.2, -0.15) is 0 Å². The molecular weight excluding hydrogens is 329 g/mol. The second kappa shape index (κ2) is 8.27. The predicted octanol–water partition coefficient (Wildman–Crippen LogP) is 4.57. The van der Waals surface area contributed by atoms with Gasteiger partial charge in [0.25, 0.3) is 0 Å². The van der Waals surface area contributed by atoms with Gasteiger partial charge in [0.1, 0.15) is 5.82 Å². The number of nitrogens with two attached hydrogens (primary N) is 1. The molecule has 0 heterocycles. The molecule has 0 aromatic heterocycles. The van der Waals surface area contributed by atoms with E-state index in [9.17, 15) is 9.18 Å². The van der Waals surface area contributed by atoms with Crippen LogP contribution in [0.5, 0.6) is 0 Å². The molecule has 3 nitrogen and oxygen atoms in total. The molecule has 3 N–H and O–H groups in total. The molecule has 2 aromatic rings. The summed E-state index contributed by atoms with van der Waals surface area (Å²) in [5, 5.41) is 8.92. The zero-order valence-electron chi connectivity index (χ0n) is 14.1. The van der Waals surface area contributed by atoms with Crippen molar-refractivity contribution < 1.29 is 14.3 Å². The molecular formula is C19H23ClFNO2. The van der Waals surface area contributed by atoms with Crippen LogP contribution in [0, 0.1) is 19.7 Å². The van der Waals surface area contributed by atoms with E-state index < -0.39 is 17.8 Å². The van der Waals surface area contributed by atoms with Gasteiger partial charge < -0.3 is 10.8 Å². The Morgan fingerprint density at radius 3 is 2.50 bits per heavy atom. The number of carboxylic acids is 1. The fourth-order valence-corrected chi connectivity index (χ4v) is 2.95. The lowest BCUT2D eigenvalue weighted by atomic mass is 9.89. The van der Waals surface area contributed by atoms with E-state index in [0.717, 1.165) is 23.1 Å². The third-order valence-corrected chi connectivity index (χ3v) is 4.11. The molecule has 0 unspecified atom stereocenters. The number of benzene rings is 2. The Labute approximate surface area is 148 Å². The molecule has 24 heavy (non-hydrogen) atoms. The largest absolute Gasteiger partial charge is 0.481 e. The molecule has 5 heteroatoms. The Bertz CT molecular complexity index is 746. The second-order valence-corrected chi connectivity index (χ2v) is 5.86. The second-order valence-electron chi connectivity index (χ2n) is 5.86. The average Bonchev–Trinajstić information content (AvgIpc) is 2.48. The van der Waals surface area contributed by atoms with Crippen LogP contribution in [0.25, 0.3) is 11.1 Å². The summed E-state index contributed by atoms with van der Waals surface area (Å²) >= 11 is 0. The maximum Gasteiger partial charge on any atom is 0.305 e. The maximum absolute atomic E-state index is 14.4. The van der Waals surface area contributed by atoms with Gasteiger partial charge in [-0.05, 0) is 60.2 Å². The Hall–Kier alpha value is -1.91. The van der Waals surface area contributed by atoms with Crippen molar-refractivity contribution in [3.63, 3.8) is 0 Å². The molecule has 2 rings (SSSR count). The van der Waals surface area contributed by atoms with E-state index in [1.807, 2.05) is 19.1 Å². The van der Waals surface area contributed by atoms with Crippen LogP contribution in [0.4, 0.5) is 4.39 Å². The third-order valence-electron chi connectivity index (χ3n) is 4.11. The average molecular weight is 352 g/mol. The first kappa shape index (κ1) is 20.1. The first-order valence-corrected chi connectivity index (χ1v) is 7.71. The highest BCUT2D eigenvalue weighted by Gasteiger charge is 2.19. The summed E-state index contributed by atoms with van der Waals surface area (Å²) in [4.78, 5) is 10.9. The number of hydrogen-bond donors (Lipinski definition) is 2. The lowest BCUT2D eigenvalue weighted by Gasteiger charge is -2.17. The highest BCUT2D eigenvalue weighted by molar-refractivity contribution is 5.85. The van der Waals surface area contributed by atoms with Crippen molar-refractivity contribution in [2.75, 3.05) is 0 Å². The molecule has 0 saturated carbocycles. The van der Waals surface area contributed by atoms with E-state index in [2.05, 4.69) is 13.0 Å². The maximum atomic E-state index is 14.4. The van der Waals surface area contributed by atoms with Crippen molar-refractivity contribution >= 4 is 18.4 Å². The Kier molecular flexibility index (Phi) is 6.93. The lowest BCUT2D eigenvalue weighted by Crippen LogP contribution is -2.17. The fraction of sp³-hybridized carbons (Fsp3) is 0.316. The summed E-state index contributed by atoms with van der Waals surface area (Å²) in [6, 6.07) is 8.71. The van der Waals surface area contributed by atoms with Crippen LogP contribution in [0.3, 0.4) is 0 Å². The topological polar surface area (TPSA) is 63.3 Å². The van der Waals surface area contributed by atoms with E-state index in [0.29, 0.717) is 5.56 Å². The third kappa shape index (κ3) is 4.13. The monoisotopic (exact) mass is 351 g/mol. The molecule has 1 atom stereocenters. The van der Waals surface area contributed by atoms with Crippen molar-refractivity contribution in [2.45, 2.75) is 39.7 Å². The van der Waals surface area contributed by atoms with Crippen molar-refractivity contribution in [1.29, 1.82) is 0 Å². The minimum Gasteiger partial charge on any atom is -0.481 e. The van der Waals surface area contributed by atoms with Gasteiger partial charge in [0.2, 0.25) is 0 Å². The summed E-state index contributed by atoms with van der Waals surface area (Å²) in [5.74, 6) is -1.46. The number of carboxylic acid groups (broad SMARTS) is 1. The van der Waals surface area contributed by atoms with E-state index in [1.54, 1.807) is 19.1 Å². The molecule has 0 aliphatic rings. The quantitative estimate of drug-likeness (QED) is 0.829. The minimum atomic E-state index is -1.04. The van der Waals surface area contributed by atoms with Crippen LogP contribution in [-0.2, 0) is 11.2 Å². The van der Waals surface area contributed by atoms with E-state index >= 15 is 0 Å². The summed E-state index contributed by atoms with van der Waals surface area (Å²) in [6.07, 6.45) is 0.568. The normalized spacial score (nSPS) is 11.7. The molecule has 0 aliphatic carbocycles. The molecule has 130 valence electrons. The molecule has 0 bridgehead atoms. The van der Waals surface area contributed by atoms with Crippen LogP contribution in [0.2, 0.25) is 0 Å². The zero-order valence-corrected chi connectivity index (χ0v) is 14.9. The predicted molar refractivity (Wildman–Crippen MR) is 97.1 cm³/mol. The molecule has 0 aliphatic heterocycles. The summed E-state index contributed by atoms with van der Waals surface area (Å²) in [7, 11) is 0. The number of rotatable bonds is 5. The Morgan fingerprint density at radius 2 is 1.92 bits per heavy atom. The van der Waals surface area contributed by atoms with Crippen molar-refractivity contribution in [2.24, 2.45) is 5.73 Å². The van der Waals surface area contributed by atoms with Crippen LogP contribution >= 0.6 is 12.4 Å². The summed E-state index contributed by atoms with van der Waals surface area (Å²) in [6.45, 7) is 5.77. The zero-order chi connectivity index (χ0) is 17.1. The lowest BCUT2D eigenvalue weighted by molar-refractivity contribution is -0.137. The smallest absolute Gasteiger partial charge is 0.305 e. The number of aryl methyl sites for hydroxylation is 3. The Balaban J connectivity index is 0.00000288. The molecule has 2 aromatic carbocycles. The highest BCUT2D eigenvalue weighted by Crippen LogP contribution is 2.32. The van der Waals surface area contributed by atoms with Crippen LogP contribution in [0.15, 0.2) is 30.3 Å².